The average molecular weight is 260 g/mol. The highest BCUT2D eigenvalue weighted by atomic mass is 32.2. The van der Waals surface area contributed by atoms with Gasteiger partial charge in [-0.2, -0.15) is 0 Å². The van der Waals surface area contributed by atoms with Crippen molar-refractivity contribution in [3.8, 4) is 0 Å². The van der Waals surface area contributed by atoms with Crippen LogP contribution in [0.2, 0.25) is 0 Å². The number of benzene rings is 1. The lowest BCUT2D eigenvalue weighted by Gasteiger charge is -2.02. The van der Waals surface area contributed by atoms with Crippen LogP contribution in [-0.2, 0) is 10.8 Å². The molecule has 0 aliphatic rings. The summed E-state index contributed by atoms with van der Waals surface area (Å²) in [7, 11) is -1.23. The van der Waals surface area contributed by atoms with E-state index in [2.05, 4.69) is 0 Å². The lowest BCUT2D eigenvalue weighted by molar-refractivity contribution is 0.102. The van der Waals surface area contributed by atoms with Gasteiger partial charge in [-0.25, -0.2) is 8.78 Å². The zero-order valence-corrected chi connectivity index (χ0v) is 10.4. The maximum Gasteiger partial charge on any atom is 0.175 e. The van der Waals surface area contributed by atoms with E-state index in [0.29, 0.717) is 5.75 Å². The Morgan fingerprint density at radius 1 is 1.29 bits per heavy atom. The molecule has 1 aromatic carbocycles. The van der Waals surface area contributed by atoms with E-state index in [0.717, 1.165) is 25.0 Å². The van der Waals surface area contributed by atoms with Crippen LogP contribution in [0.3, 0.4) is 0 Å². The standard InChI is InChI=1S/C12H14F2O2S/c1-2-3-6-17(16)8-12(15)9-4-5-10(13)11(14)7-9/h4-5,7H,2-3,6,8H2,1H3. The number of halogens is 2. The summed E-state index contributed by atoms with van der Waals surface area (Å²) in [5, 5.41) is 0. The molecule has 0 heterocycles. The zero-order chi connectivity index (χ0) is 12.8. The number of ketones is 1. The first kappa shape index (κ1) is 14.0. The number of Topliss-reactive ketones (excluding diaryl/α,β-unsaturated/α-hetero) is 1. The van der Waals surface area contributed by atoms with E-state index < -0.39 is 28.2 Å². The van der Waals surface area contributed by atoms with Gasteiger partial charge in [0.2, 0.25) is 0 Å². The molecule has 0 aliphatic heterocycles. The lowest BCUT2D eigenvalue weighted by Crippen LogP contribution is -2.13. The van der Waals surface area contributed by atoms with Gasteiger partial charge >= 0.3 is 0 Å². The predicted octanol–water partition coefficient (Wildman–Crippen LogP) is 2.70. The number of unbranched alkanes of at least 4 members (excludes halogenated alkanes) is 1. The van der Waals surface area contributed by atoms with Crippen LogP contribution in [0.4, 0.5) is 8.78 Å². The molecule has 0 bridgehead atoms. The Morgan fingerprint density at radius 3 is 2.59 bits per heavy atom. The van der Waals surface area contributed by atoms with Crippen LogP contribution >= 0.6 is 0 Å². The Morgan fingerprint density at radius 2 is 2.00 bits per heavy atom. The minimum atomic E-state index is -1.23. The van der Waals surface area contributed by atoms with Gasteiger partial charge in [-0.1, -0.05) is 13.3 Å². The zero-order valence-electron chi connectivity index (χ0n) is 9.54. The first-order valence-corrected chi connectivity index (χ1v) is 6.86. The van der Waals surface area contributed by atoms with Crippen molar-refractivity contribution in [1.82, 2.24) is 0 Å². The van der Waals surface area contributed by atoms with E-state index >= 15 is 0 Å². The van der Waals surface area contributed by atoms with E-state index in [1.165, 1.54) is 6.07 Å². The first-order chi connectivity index (χ1) is 8.04. The highest BCUT2D eigenvalue weighted by molar-refractivity contribution is 7.85. The highest BCUT2D eigenvalue weighted by Crippen LogP contribution is 2.10. The molecule has 0 radical (unpaired) electrons. The molecule has 0 fully saturated rings. The molecule has 1 atom stereocenters. The van der Waals surface area contributed by atoms with Crippen LogP contribution in [0.25, 0.3) is 0 Å². The molecule has 1 unspecified atom stereocenters. The Hall–Kier alpha value is -1.10. The predicted molar refractivity (Wildman–Crippen MR) is 63.5 cm³/mol. The van der Waals surface area contributed by atoms with Gasteiger partial charge in [0.05, 0.1) is 5.75 Å². The minimum absolute atomic E-state index is 0.0637. The Balaban J connectivity index is 2.63. The van der Waals surface area contributed by atoms with Gasteiger partial charge in [0.1, 0.15) is 0 Å². The molecule has 0 amide bonds. The number of carbonyl (C=O) groups is 1. The third-order valence-electron chi connectivity index (χ3n) is 2.26. The summed E-state index contributed by atoms with van der Waals surface area (Å²) >= 11 is 0. The van der Waals surface area contributed by atoms with Gasteiger partial charge in [-0.05, 0) is 24.6 Å². The number of carbonyl (C=O) groups excluding carboxylic acids is 1. The van der Waals surface area contributed by atoms with Crippen molar-refractivity contribution in [2.24, 2.45) is 0 Å². The molecule has 0 saturated heterocycles. The van der Waals surface area contributed by atoms with Gasteiger partial charge in [-0.15, -0.1) is 0 Å². The molecular formula is C12H14F2O2S. The van der Waals surface area contributed by atoms with Crippen LogP contribution in [-0.4, -0.2) is 21.5 Å². The quantitative estimate of drug-likeness (QED) is 0.737. The second-order valence-electron chi connectivity index (χ2n) is 3.69. The van der Waals surface area contributed by atoms with Crippen LogP contribution in [0, 0.1) is 11.6 Å². The van der Waals surface area contributed by atoms with Crippen molar-refractivity contribution < 1.29 is 17.8 Å². The fraction of sp³-hybridized carbons (Fsp3) is 0.417. The van der Waals surface area contributed by atoms with Crippen LogP contribution in [0.15, 0.2) is 18.2 Å². The first-order valence-electron chi connectivity index (χ1n) is 5.37. The second kappa shape index (κ2) is 6.59. The molecule has 1 aromatic rings. The van der Waals surface area contributed by atoms with Gasteiger partial charge < -0.3 is 0 Å². The van der Waals surface area contributed by atoms with Gasteiger partial charge in [-0.3, -0.25) is 9.00 Å². The van der Waals surface area contributed by atoms with Crippen molar-refractivity contribution in [2.45, 2.75) is 19.8 Å². The summed E-state index contributed by atoms with van der Waals surface area (Å²) in [6.45, 7) is 1.97. The second-order valence-corrected chi connectivity index (χ2v) is 5.27. The molecule has 0 saturated carbocycles. The van der Waals surface area contributed by atoms with E-state index in [-0.39, 0.29) is 11.3 Å². The monoisotopic (exact) mass is 260 g/mol. The molecular weight excluding hydrogens is 246 g/mol. The molecule has 0 aromatic heterocycles. The number of rotatable bonds is 6. The summed E-state index contributed by atoms with van der Waals surface area (Å²) in [5.41, 5.74) is 0.0637. The fourth-order valence-corrected chi connectivity index (χ4v) is 2.49. The summed E-state index contributed by atoms with van der Waals surface area (Å²) in [6.07, 6.45) is 1.70. The van der Waals surface area contributed by atoms with Crippen molar-refractivity contribution in [3.05, 3.63) is 35.4 Å². The topological polar surface area (TPSA) is 34.1 Å². The van der Waals surface area contributed by atoms with Crippen LogP contribution in [0.1, 0.15) is 30.1 Å². The summed E-state index contributed by atoms with van der Waals surface area (Å²) in [5.74, 6) is -2.14. The van der Waals surface area contributed by atoms with Gasteiger partial charge in [0, 0.05) is 22.1 Å². The molecule has 17 heavy (non-hydrogen) atoms. The van der Waals surface area contributed by atoms with E-state index in [4.69, 9.17) is 0 Å². The fourth-order valence-electron chi connectivity index (χ4n) is 1.28. The van der Waals surface area contributed by atoms with Crippen molar-refractivity contribution in [3.63, 3.8) is 0 Å². The molecule has 2 nitrogen and oxygen atoms in total. The molecule has 0 N–H and O–H groups in total. The normalized spacial score (nSPS) is 12.4. The van der Waals surface area contributed by atoms with E-state index in [1.54, 1.807) is 0 Å². The highest BCUT2D eigenvalue weighted by Gasteiger charge is 2.12. The third-order valence-corrected chi connectivity index (χ3v) is 3.59. The van der Waals surface area contributed by atoms with E-state index in [9.17, 15) is 17.8 Å². The maximum absolute atomic E-state index is 12.9. The molecule has 1 rings (SSSR count). The average Bonchev–Trinajstić information content (AvgIpc) is 2.30. The van der Waals surface area contributed by atoms with Crippen molar-refractivity contribution in [2.75, 3.05) is 11.5 Å². The van der Waals surface area contributed by atoms with Gasteiger partial charge in [0.15, 0.2) is 17.4 Å². The molecule has 0 aliphatic carbocycles. The largest absolute Gasteiger partial charge is 0.293 e. The molecule has 5 heteroatoms. The maximum atomic E-state index is 12.9. The van der Waals surface area contributed by atoms with Gasteiger partial charge in [0.25, 0.3) is 0 Å². The SMILES string of the molecule is CCCCS(=O)CC(=O)c1ccc(F)c(F)c1. The smallest absolute Gasteiger partial charge is 0.175 e. The van der Waals surface area contributed by atoms with Crippen LogP contribution in [0.5, 0.6) is 0 Å². The lowest BCUT2D eigenvalue weighted by atomic mass is 10.1. The van der Waals surface area contributed by atoms with E-state index in [1.807, 2.05) is 6.92 Å². The van der Waals surface area contributed by atoms with Crippen molar-refractivity contribution >= 4 is 16.6 Å². The number of hydrogen-bond acceptors (Lipinski definition) is 2. The summed E-state index contributed by atoms with van der Waals surface area (Å²) in [4.78, 5) is 11.6. The Kier molecular flexibility index (Phi) is 5.41. The number of hydrogen-bond donors (Lipinski definition) is 0. The summed E-state index contributed by atoms with van der Waals surface area (Å²) in [6, 6.07) is 2.95. The summed E-state index contributed by atoms with van der Waals surface area (Å²) < 4.78 is 37.0. The molecule has 0 spiro atoms. The third kappa shape index (κ3) is 4.34. The molecule has 94 valence electrons. The Bertz CT molecular complexity index is 433. The van der Waals surface area contributed by atoms with Crippen LogP contribution < -0.4 is 0 Å². The minimum Gasteiger partial charge on any atom is -0.293 e. The Labute approximate surface area is 101 Å². The van der Waals surface area contributed by atoms with Crippen molar-refractivity contribution in [1.29, 1.82) is 0 Å².